The molecule has 1 atom stereocenters. The molecular formula is C21H23NO7. The van der Waals surface area contributed by atoms with Gasteiger partial charge in [0.2, 0.25) is 5.78 Å². The van der Waals surface area contributed by atoms with Gasteiger partial charge in [0.05, 0.1) is 24.8 Å². The summed E-state index contributed by atoms with van der Waals surface area (Å²) in [6, 6.07) is 5.22. The Balaban J connectivity index is 1.67. The molecule has 2 aromatic rings. The molecule has 29 heavy (non-hydrogen) atoms. The number of aromatic amines is 1. The van der Waals surface area contributed by atoms with E-state index in [0.717, 1.165) is 0 Å². The van der Waals surface area contributed by atoms with Crippen molar-refractivity contribution in [3.8, 4) is 11.5 Å². The van der Waals surface area contributed by atoms with E-state index in [2.05, 4.69) is 4.98 Å². The highest BCUT2D eigenvalue weighted by Gasteiger charge is 2.27. The summed E-state index contributed by atoms with van der Waals surface area (Å²) in [5, 5.41) is 0. The number of methoxy groups -OCH3 is 1. The summed E-state index contributed by atoms with van der Waals surface area (Å²) < 4.78 is 21.0. The van der Waals surface area contributed by atoms with Crippen LogP contribution < -0.4 is 9.47 Å². The second-order valence-electron chi connectivity index (χ2n) is 6.77. The first kappa shape index (κ1) is 20.4. The fourth-order valence-corrected chi connectivity index (χ4v) is 3.26. The van der Waals surface area contributed by atoms with E-state index in [0.29, 0.717) is 47.1 Å². The highest BCUT2D eigenvalue weighted by atomic mass is 16.6. The maximum atomic E-state index is 12.7. The van der Waals surface area contributed by atoms with Gasteiger partial charge in [-0.2, -0.15) is 0 Å². The van der Waals surface area contributed by atoms with Gasteiger partial charge >= 0.3 is 11.9 Å². The largest absolute Gasteiger partial charge is 0.486 e. The van der Waals surface area contributed by atoms with E-state index in [1.807, 2.05) is 0 Å². The molecular weight excluding hydrogens is 378 g/mol. The van der Waals surface area contributed by atoms with Crippen molar-refractivity contribution in [3.63, 3.8) is 0 Å². The number of hydrogen-bond acceptors (Lipinski definition) is 7. The number of esters is 2. The lowest BCUT2D eigenvalue weighted by molar-refractivity contribution is -0.145. The number of H-pyrrole nitrogens is 1. The second kappa shape index (κ2) is 8.38. The third kappa shape index (κ3) is 4.26. The van der Waals surface area contributed by atoms with E-state index in [-0.39, 0.29) is 12.1 Å². The van der Waals surface area contributed by atoms with Gasteiger partial charge in [0.25, 0.3) is 0 Å². The lowest BCUT2D eigenvalue weighted by Crippen LogP contribution is -2.26. The van der Waals surface area contributed by atoms with E-state index in [9.17, 15) is 14.4 Å². The average Bonchev–Trinajstić information content (AvgIpc) is 3.00. The Morgan fingerprint density at radius 1 is 1.14 bits per heavy atom. The number of ketones is 1. The summed E-state index contributed by atoms with van der Waals surface area (Å²) in [7, 11) is 1.28. The van der Waals surface area contributed by atoms with Crippen LogP contribution in [0.1, 0.15) is 44.6 Å². The normalized spacial score (nSPS) is 13.5. The van der Waals surface area contributed by atoms with Crippen molar-refractivity contribution >= 4 is 17.7 Å². The zero-order valence-electron chi connectivity index (χ0n) is 16.8. The van der Waals surface area contributed by atoms with Crippen molar-refractivity contribution < 1.29 is 33.3 Å². The maximum absolute atomic E-state index is 12.7. The third-order valence-corrected chi connectivity index (χ3v) is 4.71. The van der Waals surface area contributed by atoms with Gasteiger partial charge in [0, 0.05) is 5.69 Å². The Bertz CT molecular complexity index is 960. The predicted octanol–water partition coefficient (Wildman–Crippen LogP) is 2.55. The fourth-order valence-electron chi connectivity index (χ4n) is 3.26. The highest BCUT2D eigenvalue weighted by molar-refractivity contribution is 6.04. The summed E-state index contributed by atoms with van der Waals surface area (Å²) >= 11 is 0. The molecule has 0 saturated carbocycles. The zero-order valence-corrected chi connectivity index (χ0v) is 16.8. The average molecular weight is 401 g/mol. The molecule has 1 aromatic heterocycles. The molecule has 8 nitrogen and oxygen atoms in total. The van der Waals surface area contributed by atoms with Crippen LogP contribution in [0, 0.1) is 13.8 Å². The summed E-state index contributed by atoms with van der Waals surface area (Å²) in [6.45, 7) is 5.76. The topological polar surface area (TPSA) is 104 Å². The SMILES string of the molecule is COC(=O)c1c(C)[nH]c(C(=O)[C@@H](C)OC(=O)Cc2ccc3c(c2)OCCO3)c1C. The van der Waals surface area contributed by atoms with Crippen molar-refractivity contribution in [2.24, 2.45) is 0 Å². The number of carbonyl (C=O) groups excluding carboxylic acids is 3. The van der Waals surface area contributed by atoms with Crippen LogP contribution in [0.15, 0.2) is 18.2 Å². The Labute approximate surface area is 168 Å². The van der Waals surface area contributed by atoms with Crippen LogP contribution in [0.4, 0.5) is 0 Å². The van der Waals surface area contributed by atoms with Crippen LogP contribution in [-0.2, 0) is 20.7 Å². The third-order valence-electron chi connectivity index (χ3n) is 4.71. The van der Waals surface area contributed by atoms with Gasteiger partial charge < -0.3 is 23.9 Å². The maximum Gasteiger partial charge on any atom is 0.339 e. The van der Waals surface area contributed by atoms with Crippen molar-refractivity contribution in [2.75, 3.05) is 20.3 Å². The molecule has 0 radical (unpaired) electrons. The minimum Gasteiger partial charge on any atom is -0.486 e. The highest BCUT2D eigenvalue weighted by Crippen LogP contribution is 2.31. The molecule has 8 heteroatoms. The molecule has 0 bridgehead atoms. The smallest absolute Gasteiger partial charge is 0.339 e. The lowest BCUT2D eigenvalue weighted by atomic mass is 10.1. The molecule has 0 fully saturated rings. The quantitative estimate of drug-likeness (QED) is 0.586. The van der Waals surface area contributed by atoms with Gasteiger partial charge in [-0.1, -0.05) is 6.07 Å². The number of benzene rings is 1. The molecule has 1 aliphatic heterocycles. The molecule has 1 N–H and O–H groups in total. The van der Waals surface area contributed by atoms with Crippen molar-refractivity contribution in [2.45, 2.75) is 33.3 Å². The van der Waals surface area contributed by atoms with Gasteiger partial charge in [-0.15, -0.1) is 0 Å². The molecule has 0 amide bonds. The number of hydrogen-bond donors (Lipinski definition) is 1. The number of Topliss-reactive ketones (excluding diaryl/α,β-unsaturated/α-hetero) is 1. The van der Waals surface area contributed by atoms with Crippen LogP contribution >= 0.6 is 0 Å². The number of aryl methyl sites for hydroxylation is 1. The molecule has 0 unspecified atom stereocenters. The van der Waals surface area contributed by atoms with Crippen molar-refractivity contribution in [1.29, 1.82) is 0 Å². The van der Waals surface area contributed by atoms with Crippen LogP contribution in [0.25, 0.3) is 0 Å². The Morgan fingerprint density at radius 2 is 1.83 bits per heavy atom. The fraction of sp³-hybridized carbons (Fsp3) is 0.381. The second-order valence-corrected chi connectivity index (χ2v) is 6.77. The van der Waals surface area contributed by atoms with Gasteiger partial charge in [-0.3, -0.25) is 9.59 Å². The van der Waals surface area contributed by atoms with Gasteiger partial charge in [-0.05, 0) is 44.0 Å². The number of carbonyl (C=O) groups is 3. The number of fused-ring (bicyclic) bond motifs is 1. The van der Waals surface area contributed by atoms with Gasteiger partial charge in [-0.25, -0.2) is 4.79 Å². The van der Waals surface area contributed by atoms with Crippen LogP contribution in [0.5, 0.6) is 11.5 Å². The van der Waals surface area contributed by atoms with Crippen molar-refractivity contribution in [1.82, 2.24) is 4.98 Å². The van der Waals surface area contributed by atoms with E-state index in [4.69, 9.17) is 18.9 Å². The first-order valence-electron chi connectivity index (χ1n) is 9.21. The molecule has 1 aliphatic rings. The molecule has 3 rings (SSSR count). The predicted molar refractivity (Wildman–Crippen MR) is 103 cm³/mol. The minimum absolute atomic E-state index is 0.00952. The molecule has 0 spiro atoms. The minimum atomic E-state index is -1.01. The summed E-state index contributed by atoms with van der Waals surface area (Å²) in [6.07, 6.45) is -1.02. The Kier molecular flexibility index (Phi) is 5.91. The summed E-state index contributed by atoms with van der Waals surface area (Å²) in [4.78, 5) is 39.8. The van der Waals surface area contributed by atoms with Crippen LogP contribution in [0.3, 0.4) is 0 Å². The molecule has 0 saturated heterocycles. The standard InChI is InChI=1S/C21H23NO7/c1-11-18(21(25)26-4)12(2)22-19(11)20(24)13(3)29-17(23)10-14-5-6-15-16(9-14)28-8-7-27-15/h5-6,9,13,22H,7-8,10H2,1-4H3/t13-/m1/s1. The molecule has 0 aliphatic carbocycles. The van der Waals surface area contributed by atoms with E-state index in [1.165, 1.54) is 14.0 Å². The Morgan fingerprint density at radius 3 is 2.52 bits per heavy atom. The molecule has 1 aromatic carbocycles. The zero-order chi connectivity index (χ0) is 21.1. The monoisotopic (exact) mass is 401 g/mol. The molecule has 2 heterocycles. The molecule has 154 valence electrons. The number of aromatic nitrogens is 1. The summed E-state index contributed by atoms with van der Waals surface area (Å²) in [5.41, 5.74) is 2.22. The summed E-state index contributed by atoms with van der Waals surface area (Å²) in [5.74, 6) is -0.277. The van der Waals surface area contributed by atoms with E-state index < -0.39 is 23.8 Å². The van der Waals surface area contributed by atoms with Crippen LogP contribution in [0.2, 0.25) is 0 Å². The van der Waals surface area contributed by atoms with Gasteiger partial charge in [0.15, 0.2) is 17.6 Å². The number of ether oxygens (including phenoxy) is 4. The lowest BCUT2D eigenvalue weighted by Gasteiger charge is -2.19. The van der Waals surface area contributed by atoms with E-state index in [1.54, 1.807) is 32.0 Å². The first-order valence-corrected chi connectivity index (χ1v) is 9.21. The van der Waals surface area contributed by atoms with Crippen molar-refractivity contribution in [3.05, 3.63) is 46.3 Å². The Hall–Kier alpha value is -3.29. The van der Waals surface area contributed by atoms with E-state index >= 15 is 0 Å². The number of nitrogens with one attached hydrogen (secondary N) is 1. The first-order chi connectivity index (χ1) is 13.8. The van der Waals surface area contributed by atoms with Crippen LogP contribution in [-0.4, -0.2) is 49.1 Å². The van der Waals surface area contributed by atoms with Gasteiger partial charge in [0.1, 0.15) is 13.2 Å². The number of rotatable bonds is 6.